The standard InChI is InChI=1S/C13H26N2O3/c1-11(2)4-3-7-14-12(16)15-10-13(17)5-8-18-9-6-13/h11,17H,3-10H2,1-2H3,(H2,14,15,16). The first-order valence-corrected chi connectivity index (χ1v) is 6.84. The van der Waals surface area contributed by atoms with E-state index in [2.05, 4.69) is 24.5 Å². The van der Waals surface area contributed by atoms with Crippen LogP contribution < -0.4 is 10.6 Å². The molecule has 1 heterocycles. The third-order valence-electron chi connectivity index (χ3n) is 3.25. The van der Waals surface area contributed by atoms with Gasteiger partial charge in [-0.2, -0.15) is 0 Å². The second kappa shape index (κ2) is 7.59. The largest absolute Gasteiger partial charge is 0.388 e. The van der Waals surface area contributed by atoms with Crippen LogP contribution in [0.15, 0.2) is 0 Å². The minimum atomic E-state index is -0.798. The van der Waals surface area contributed by atoms with Crippen LogP contribution in [0.3, 0.4) is 0 Å². The van der Waals surface area contributed by atoms with Crippen molar-refractivity contribution in [2.24, 2.45) is 5.92 Å². The Hall–Kier alpha value is -0.810. The summed E-state index contributed by atoms with van der Waals surface area (Å²) in [6, 6.07) is -0.196. The summed E-state index contributed by atoms with van der Waals surface area (Å²) in [7, 11) is 0. The Balaban J connectivity index is 2.09. The van der Waals surface area contributed by atoms with Gasteiger partial charge in [0.15, 0.2) is 0 Å². The number of nitrogens with one attached hydrogen (secondary N) is 2. The van der Waals surface area contributed by atoms with Crippen LogP contribution in [0, 0.1) is 5.92 Å². The van der Waals surface area contributed by atoms with Crippen molar-refractivity contribution in [3.8, 4) is 0 Å². The Kier molecular flexibility index (Phi) is 6.43. The van der Waals surface area contributed by atoms with Crippen LogP contribution >= 0.6 is 0 Å². The number of urea groups is 1. The van der Waals surface area contributed by atoms with Gasteiger partial charge in [0.2, 0.25) is 0 Å². The number of carbonyl (C=O) groups excluding carboxylic acids is 1. The second-order valence-electron chi connectivity index (χ2n) is 5.48. The van der Waals surface area contributed by atoms with Crippen LogP contribution in [0.1, 0.15) is 39.5 Å². The highest BCUT2D eigenvalue weighted by Gasteiger charge is 2.29. The molecule has 5 nitrogen and oxygen atoms in total. The van der Waals surface area contributed by atoms with Gasteiger partial charge in [-0.25, -0.2) is 4.79 Å². The third kappa shape index (κ3) is 6.21. The molecule has 3 N–H and O–H groups in total. The van der Waals surface area contributed by atoms with Crippen molar-refractivity contribution in [1.29, 1.82) is 0 Å². The molecule has 1 aliphatic heterocycles. The Bertz CT molecular complexity index is 251. The monoisotopic (exact) mass is 258 g/mol. The van der Waals surface area contributed by atoms with E-state index in [1.807, 2.05) is 0 Å². The Morgan fingerprint density at radius 1 is 1.33 bits per heavy atom. The molecule has 1 fully saturated rings. The molecule has 0 aliphatic carbocycles. The zero-order chi connectivity index (χ0) is 13.4. The molecule has 0 saturated carbocycles. The number of rotatable bonds is 6. The average molecular weight is 258 g/mol. The number of aliphatic hydroxyl groups is 1. The van der Waals surface area contributed by atoms with Gasteiger partial charge in [-0.15, -0.1) is 0 Å². The molecule has 0 aromatic rings. The van der Waals surface area contributed by atoms with E-state index in [0.717, 1.165) is 12.8 Å². The van der Waals surface area contributed by atoms with E-state index in [9.17, 15) is 9.90 Å². The maximum atomic E-state index is 11.5. The molecular formula is C13H26N2O3. The summed E-state index contributed by atoms with van der Waals surface area (Å²) < 4.78 is 5.19. The summed E-state index contributed by atoms with van der Waals surface area (Å²) in [5, 5.41) is 15.7. The van der Waals surface area contributed by atoms with E-state index in [1.165, 1.54) is 0 Å². The lowest BCUT2D eigenvalue weighted by atomic mass is 9.94. The van der Waals surface area contributed by atoms with Gasteiger partial charge in [0.05, 0.1) is 5.60 Å². The van der Waals surface area contributed by atoms with Gasteiger partial charge >= 0.3 is 6.03 Å². The van der Waals surface area contributed by atoms with E-state index in [-0.39, 0.29) is 6.03 Å². The SMILES string of the molecule is CC(C)CCCNC(=O)NCC1(O)CCOCC1. The van der Waals surface area contributed by atoms with Crippen molar-refractivity contribution in [1.82, 2.24) is 10.6 Å². The van der Waals surface area contributed by atoms with Crippen molar-refractivity contribution in [3.63, 3.8) is 0 Å². The molecule has 1 saturated heterocycles. The van der Waals surface area contributed by atoms with Gasteiger partial charge in [0.25, 0.3) is 0 Å². The lowest BCUT2D eigenvalue weighted by molar-refractivity contribution is -0.0600. The van der Waals surface area contributed by atoms with Crippen molar-refractivity contribution < 1.29 is 14.6 Å². The van der Waals surface area contributed by atoms with E-state index in [0.29, 0.717) is 45.1 Å². The molecule has 0 atom stereocenters. The van der Waals surface area contributed by atoms with Crippen LogP contribution in [-0.2, 0) is 4.74 Å². The fourth-order valence-corrected chi connectivity index (χ4v) is 1.95. The van der Waals surface area contributed by atoms with Crippen LogP contribution in [0.4, 0.5) is 4.79 Å². The molecule has 0 bridgehead atoms. The van der Waals surface area contributed by atoms with Gasteiger partial charge in [-0.1, -0.05) is 13.8 Å². The maximum Gasteiger partial charge on any atom is 0.314 e. The van der Waals surface area contributed by atoms with Crippen molar-refractivity contribution in [2.75, 3.05) is 26.3 Å². The minimum Gasteiger partial charge on any atom is -0.388 e. The number of hydrogen-bond acceptors (Lipinski definition) is 3. The van der Waals surface area contributed by atoms with Crippen molar-refractivity contribution >= 4 is 6.03 Å². The first-order valence-electron chi connectivity index (χ1n) is 6.84. The summed E-state index contributed by atoms with van der Waals surface area (Å²) >= 11 is 0. The first-order chi connectivity index (χ1) is 8.52. The first kappa shape index (κ1) is 15.2. The molecule has 0 aromatic heterocycles. The Labute approximate surface area is 109 Å². The molecular weight excluding hydrogens is 232 g/mol. The predicted molar refractivity (Wildman–Crippen MR) is 70.5 cm³/mol. The summed E-state index contributed by atoms with van der Waals surface area (Å²) in [5.74, 6) is 0.665. The van der Waals surface area contributed by atoms with Crippen LogP contribution in [0.2, 0.25) is 0 Å². The normalized spacial score (nSPS) is 18.7. The van der Waals surface area contributed by atoms with Crippen LogP contribution in [0.5, 0.6) is 0 Å². The molecule has 5 heteroatoms. The van der Waals surface area contributed by atoms with Crippen LogP contribution in [0.25, 0.3) is 0 Å². The Morgan fingerprint density at radius 3 is 2.61 bits per heavy atom. The zero-order valence-corrected chi connectivity index (χ0v) is 11.5. The summed E-state index contributed by atoms with van der Waals surface area (Å²) in [5.41, 5.74) is -0.798. The number of ether oxygens (including phenoxy) is 1. The van der Waals surface area contributed by atoms with Gasteiger partial charge in [-0.05, 0) is 18.8 Å². The van der Waals surface area contributed by atoms with E-state index in [1.54, 1.807) is 0 Å². The van der Waals surface area contributed by atoms with Crippen molar-refractivity contribution in [3.05, 3.63) is 0 Å². The minimum absolute atomic E-state index is 0.196. The smallest absolute Gasteiger partial charge is 0.314 e. The van der Waals surface area contributed by atoms with E-state index in [4.69, 9.17) is 4.74 Å². The molecule has 1 aliphatic rings. The van der Waals surface area contributed by atoms with Crippen molar-refractivity contribution in [2.45, 2.75) is 45.1 Å². The molecule has 0 aromatic carbocycles. The van der Waals surface area contributed by atoms with Gasteiger partial charge in [-0.3, -0.25) is 0 Å². The maximum absolute atomic E-state index is 11.5. The number of carbonyl (C=O) groups is 1. The highest BCUT2D eigenvalue weighted by molar-refractivity contribution is 5.73. The average Bonchev–Trinajstić information content (AvgIpc) is 2.33. The fraction of sp³-hybridized carbons (Fsp3) is 0.923. The van der Waals surface area contributed by atoms with E-state index < -0.39 is 5.60 Å². The molecule has 2 amide bonds. The molecule has 18 heavy (non-hydrogen) atoms. The second-order valence-corrected chi connectivity index (χ2v) is 5.48. The van der Waals surface area contributed by atoms with Gasteiger partial charge in [0.1, 0.15) is 0 Å². The highest BCUT2D eigenvalue weighted by Crippen LogP contribution is 2.18. The summed E-state index contributed by atoms with van der Waals surface area (Å²) in [6.07, 6.45) is 3.27. The molecule has 0 spiro atoms. The topological polar surface area (TPSA) is 70.6 Å². The van der Waals surface area contributed by atoms with Gasteiger partial charge in [0, 0.05) is 39.1 Å². The fourth-order valence-electron chi connectivity index (χ4n) is 1.95. The van der Waals surface area contributed by atoms with E-state index >= 15 is 0 Å². The number of amides is 2. The molecule has 0 radical (unpaired) electrons. The highest BCUT2D eigenvalue weighted by atomic mass is 16.5. The third-order valence-corrected chi connectivity index (χ3v) is 3.25. The molecule has 106 valence electrons. The predicted octanol–water partition coefficient (Wildman–Crippen LogP) is 1.26. The lowest BCUT2D eigenvalue weighted by Gasteiger charge is -2.32. The number of hydrogen-bond donors (Lipinski definition) is 3. The lowest BCUT2D eigenvalue weighted by Crippen LogP contribution is -2.49. The Morgan fingerprint density at radius 2 is 2.00 bits per heavy atom. The summed E-state index contributed by atoms with van der Waals surface area (Å²) in [6.45, 7) is 6.45. The van der Waals surface area contributed by atoms with Crippen LogP contribution in [-0.4, -0.2) is 43.0 Å². The quantitative estimate of drug-likeness (QED) is 0.628. The molecule has 0 unspecified atom stereocenters. The van der Waals surface area contributed by atoms with Gasteiger partial charge < -0.3 is 20.5 Å². The zero-order valence-electron chi connectivity index (χ0n) is 11.5. The molecule has 1 rings (SSSR count). The summed E-state index contributed by atoms with van der Waals surface area (Å²) in [4.78, 5) is 11.5.